The van der Waals surface area contributed by atoms with Crippen molar-refractivity contribution in [2.45, 2.75) is 38.6 Å². The number of carbonyl (C=O) groups is 1. The fraction of sp³-hybridized carbons (Fsp3) is 0.875. The molecule has 1 rings (SSSR count). The zero-order chi connectivity index (χ0) is 7.56. The van der Waals surface area contributed by atoms with Crippen molar-refractivity contribution < 1.29 is 4.79 Å². The van der Waals surface area contributed by atoms with Crippen molar-refractivity contribution in [1.29, 1.82) is 0 Å². The van der Waals surface area contributed by atoms with Crippen LogP contribution in [-0.2, 0) is 4.79 Å². The highest BCUT2D eigenvalue weighted by atomic mass is 16.1. The Morgan fingerprint density at radius 3 is 2.70 bits per heavy atom. The van der Waals surface area contributed by atoms with Crippen molar-refractivity contribution in [3.05, 3.63) is 0 Å². The number of hydrogen-bond donors (Lipinski definition) is 1. The smallest absolute Gasteiger partial charge is 0.137 e. The van der Waals surface area contributed by atoms with Gasteiger partial charge < -0.3 is 5.73 Å². The molecule has 10 heavy (non-hydrogen) atoms. The molecule has 0 amide bonds. The highest BCUT2D eigenvalue weighted by molar-refractivity contribution is 5.83. The van der Waals surface area contributed by atoms with E-state index in [-0.39, 0.29) is 6.04 Å². The van der Waals surface area contributed by atoms with Gasteiger partial charge >= 0.3 is 0 Å². The van der Waals surface area contributed by atoms with Crippen molar-refractivity contribution in [1.82, 2.24) is 0 Å². The molecule has 2 nitrogen and oxygen atoms in total. The van der Waals surface area contributed by atoms with Crippen molar-refractivity contribution >= 4 is 5.78 Å². The first-order chi connectivity index (χ1) is 4.74. The average Bonchev–Trinajstić information content (AvgIpc) is 2.68. The molecule has 0 bridgehead atoms. The predicted octanol–water partition coefficient (Wildman–Crippen LogP) is 1.09. The third-order valence-corrected chi connectivity index (χ3v) is 2.02. The lowest BCUT2D eigenvalue weighted by atomic mass is 10.1. The molecule has 2 N–H and O–H groups in total. The summed E-state index contributed by atoms with van der Waals surface area (Å²) in [5, 5.41) is 0. The molecule has 0 aromatic heterocycles. The van der Waals surface area contributed by atoms with Crippen LogP contribution >= 0.6 is 0 Å². The van der Waals surface area contributed by atoms with E-state index >= 15 is 0 Å². The first kappa shape index (κ1) is 7.73. The quantitative estimate of drug-likeness (QED) is 0.637. The first-order valence-corrected chi connectivity index (χ1v) is 4.02. The Labute approximate surface area is 61.8 Å². The number of carbonyl (C=O) groups excluding carboxylic acids is 1. The summed E-state index contributed by atoms with van der Waals surface area (Å²) in [6.07, 6.45) is 3.73. The normalized spacial score (nSPS) is 20.6. The molecule has 0 radical (unpaired) electrons. The SMILES string of the molecule is CCC(N)CC(=O)C1CC1. The Hall–Kier alpha value is -0.370. The maximum Gasteiger partial charge on any atom is 0.137 e. The van der Waals surface area contributed by atoms with Gasteiger partial charge in [0.25, 0.3) is 0 Å². The van der Waals surface area contributed by atoms with E-state index in [1.165, 1.54) is 0 Å². The van der Waals surface area contributed by atoms with Gasteiger partial charge in [-0.05, 0) is 19.3 Å². The lowest BCUT2D eigenvalue weighted by Gasteiger charge is -2.05. The van der Waals surface area contributed by atoms with Crippen LogP contribution in [0.25, 0.3) is 0 Å². The van der Waals surface area contributed by atoms with Gasteiger partial charge in [-0.1, -0.05) is 6.92 Å². The molecule has 1 aliphatic rings. The maximum absolute atomic E-state index is 11.1. The van der Waals surface area contributed by atoms with Gasteiger partial charge in [0.05, 0.1) is 0 Å². The van der Waals surface area contributed by atoms with Crippen molar-refractivity contribution in [2.75, 3.05) is 0 Å². The van der Waals surface area contributed by atoms with E-state index in [2.05, 4.69) is 0 Å². The molecular formula is C8H15NO. The molecule has 1 aliphatic carbocycles. The molecule has 0 heterocycles. The van der Waals surface area contributed by atoms with Gasteiger partial charge in [0.1, 0.15) is 5.78 Å². The van der Waals surface area contributed by atoms with Crippen LogP contribution in [0.3, 0.4) is 0 Å². The summed E-state index contributed by atoms with van der Waals surface area (Å²) in [5.41, 5.74) is 5.62. The summed E-state index contributed by atoms with van der Waals surface area (Å²) in [6, 6.07) is 0.105. The minimum atomic E-state index is 0.105. The highest BCUT2D eigenvalue weighted by Gasteiger charge is 2.29. The summed E-state index contributed by atoms with van der Waals surface area (Å²) in [4.78, 5) is 11.1. The average molecular weight is 141 g/mol. The van der Waals surface area contributed by atoms with Crippen LogP contribution in [0.1, 0.15) is 32.6 Å². The Morgan fingerprint density at radius 1 is 1.70 bits per heavy atom. The Balaban J connectivity index is 2.16. The van der Waals surface area contributed by atoms with Crippen LogP contribution < -0.4 is 5.73 Å². The summed E-state index contributed by atoms with van der Waals surface area (Å²) in [7, 11) is 0. The van der Waals surface area contributed by atoms with Gasteiger partial charge in [-0.25, -0.2) is 0 Å². The fourth-order valence-corrected chi connectivity index (χ4v) is 0.975. The largest absolute Gasteiger partial charge is 0.327 e. The maximum atomic E-state index is 11.1. The lowest BCUT2D eigenvalue weighted by molar-refractivity contribution is -0.120. The van der Waals surface area contributed by atoms with Crippen molar-refractivity contribution in [3.8, 4) is 0 Å². The number of ketones is 1. The van der Waals surface area contributed by atoms with E-state index in [1.807, 2.05) is 6.92 Å². The Bertz CT molecular complexity index is 129. The minimum Gasteiger partial charge on any atom is -0.327 e. The zero-order valence-electron chi connectivity index (χ0n) is 6.47. The van der Waals surface area contributed by atoms with Gasteiger partial charge in [-0.15, -0.1) is 0 Å². The van der Waals surface area contributed by atoms with Crippen LogP contribution in [0.15, 0.2) is 0 Å². The minimum absolute atomic E-state index is 0.105. The molecule has 2 heteroatoms. The van der Waals surface area contributed by atoms with Gasteiger partial charge in [-0.2, -0.15) is 0 Å². The molecule has 1 saturated carbocycles. The molecule has 0 saturated heterocycles. The Morgan fingerprint density at radius 2 is 2.30 bits per heavy atom. The standard InChI is InChI=1S/C8H15NO/c1-2-7(9)5-8(10)6-3-4-6/h6-7H,2-5,9H2,1H3. The molecule has 1 unspecified atom stereocenters. The van der Waals surface area contributed by atoms with Crippen molar-refractivity contribution in [3.63, 3.8) is 0 Å². The van der Waals surface area contributed by atoms with E-state index in [4.69, 9.17) is 5.73 Å². The molecule has 0 aliphatic heterocycles. The van der Waals surface area contributed by atoms with Crippen molar-refractivity contribution in [2.24, 2.45) is 11.7 Å². The molecule has 0 spiro atoms. The van der Waals surface area contributed by atoms with Crippen LogP contribution in [0, 0.1) is 5.92 Å². The third-order valence-electron chi connectivity index (χ3n) is 2.02. The van der Waals surface area contributed by atoms with E-state index in [9.17, 15) is 4.79 Å². The second kappa shape index (κ2) is 3.15. The number of nitrogens with two attached hydrogens (primary N) is 1. The van der Waals surface area contributed by atoms with E-state index in [0.29, 0.717) is 18.1 Å². The van der Waals surface area contributed by atoms with Gasteiger partial charge in [0, 0.05) is 18.4 Å². The monoisotopic (exact) mass is 141 g/mol. The van der Waals surface area contributed by atoms with E-state index in [1.54, 1.807) is 0 Å². The second-order valence-electron chi connectivity index (χ2n) is 3.11. The molecule has 58 valence electrons. The summed E-state index contributed by atoms with van der Waals surface area (Å²) < 4.78 is 0. The van der Waals surface area contributed by atoms with Gasteiger partial charge in [0.15, 0.2) is 0 Å². The summed E-state index contributed by atoms with van der Waals surface area (Å²) in [6.45, 7) is 2.02. The highest BCUT2D eigenvalue weighted by Crippen LogP contribution is 2.31. The third kappa shape index (κ3) is 2.10. The fourth-order valence-electron chi connectivity index (χ4n) is 0.975. The van der Waals surface area contributed by atoms with Crippen LogP contribution in [0.4, 0.5) is 0 Å². The molecule has 0 aromatic carbocycles. The summed E-state index contributed by atoms with van der Waals surface area (Å²) in [5.74, 6) is 0.770. The van der Waals surface area contributed by atoms with E-state index in [0.717, 1.165) is 19.3 Å². The topological polar surface area (TPSA) is 43.1 Å². The van der Waals surface area contributed by atoms with Gasteiger partial charge in [-0.3, -0.25) is 4.79 Å². The molecule has 1 atom stereocenters. The number of hydrogen-bond acceptors (Lipinski definition) is 2. The molecule has 1 fully saturated rings. The molecule has 0 aromatic rings. The Kier molecular flexibility index (Phi) is 2.44. The van der Waals surface area contributed by atoms with Crippen LogP contribution in [0.5, 0.6) is 0 Å². The first-order valence-electron chi connectivity index (χ1n) is 4.02. The second-order valence-corrected chi connectivity index (χ2v) is 3.11. The summed E-state index contributed by atoms with van der Waals surface area (Å²) >= 11 is 0. The predicted molar refractivity (Wildman–Crippen MR) is 40.6 cm³/mol. The van der Waals surface area contributed by atoms with Gasteiger partial charge in [0.2, 0.25) is 0 Å². The lowest BCUT2D eigenvalue weighted by Crippen LogP contribution is -2.23. The number of Topliss-reactive ketones (excluding diaryl/α,β-unsaturated/α-hetero) is 1. The zero-order valence-corrected chi connectivity index (χ0v) is 6.47. The number of rotatable bonds is 4. The molecular weight excluding hydrogens is 126 g/mol. The van der Waals surface area contributed by atoms with Crippen LogP contribution in [-0.4, -0.2) is 11.8 Å². The van der Waals surface area contributed by atoms with Crippen LogP contribution in [0.2, 0.25) is 0 Å². The van der Waals surface area contributed by atoms with E-state index < -0.39 is 0 Å².